The zero-order valence-electron chi connectivity index (χ0n) is 27.1. The molecule has 0 aliphatic carbocycles. The van der Waals surface area contributed by atoms with Crippen molar-refractivity contribution in [2.24, 2.45) is 0 Å². The molecule has 0 unspecified atom stereocenters. The Balaban J connectivity index is 1.24. The number of hydrogen-bond donors (Lipinski definition) is 3. The zero-order chi connectivity index (χ0) is 34.6. The predicted octanol–water partition coefficient (Wildman–Crippen LogP) is 5.90. The largest absolute Gasteiger partial charge is 0.424 e. The summed E-state index contributed by atoms with van der Waals surface area (Å²) in [5.41, 5.74) is 1.85. The molecule has 2 amide bonds. The number of amides is 2. The van der Waals surface area contributed by atoms with E-state index >= 15 is 0 Å². The molecule has 0 radical (unpaired) electrons. The van der Waals surface area contributed by atoms with Crippen molar-refractivity contribution in [2.75, 3.05) is 20.1 Å². The molecule has 1 fully saturated rings. The van der Waals surface area contributed by atoms with Gasteiger partial charge in [-0.3, -0.25) is 15.5 Å². The van der Waals surface area contributed by atoms with Crippen LogP contribution in [0.5, 0.6) is 17.5 Å². The molecule has 0 atom stereocenters. The van der Waals surface area contributed by atoms with E-state index < -0.39 is 11.9 Å². The van der Waals surface area contributed by atoms with E-state index in [-0.39, 0.29) is 41.8 Å². The standard InChI is InChI=1S/C37H33FN8O4/c1-45-17-13-27(14-18-45)42-35(47)32-21-24-7-12-31(33(39)44-37(48)50-28-10-8-26(38)9-11-28)43-34(24)46(32)22-25-20-29(49-36-40-15-4-16-41-36)19-23-5-2-3-6-30(23)25/h2-12,15-16,19-21,27H,13-14,17-18,22H2,1H3,(H,42,47)(H2,39,44,48). The third-order valence-electron chi connectivity index (χ3n) is 8.54. The Labute approximate surface area is 286 Å². The van der Waals surface area contributed by atoms with Gasteiger partial charge in [0.25, 0.3) is 5.91 Å². The zero-order valence-corrected chi connectivity index (χ0v) is 27.1. The summed E-state index contributed by atoms with van der Waals surface area (Å²) in [5.74, 6) is -0.371. The Morgan fingerprint density at radius 3 is 2.46 bits per heavy atom. The van der Waals surface area contributed by atoms with E-state index in [0.717, 1.165) is 42.3 Å². The quantitative estimate of drug-likeness (QED) is 0.134. The van der Waals surface area contributed by atoms with Crippen molar-refractivity contribution in [2.45, 2.75) is 25.4 Å². The van der Waals surface area contributed by atoms with Crippen LogP contribution in [0, 0.1) is 11.2 Å². The number of benzene rings is 3. The number of halogens is 1. The van der Waals surface area contributed by atoms with Crippen molar-refractivity contribution in [1.29, 1.82) is 5.41 Å². The van der Waals surface area contributed by atoms with E-state index in [4.69, 9.17) is 19.9 Å². The molecular weight excluding hydrogens is 639 g/mol. The van der Waals surface area contributed by atoms with E-state index in [9.17, 15) is 14.0 Å². The first-order chi connectivity index (χ1) is 24.3. The highest BCUT2D eigenvalue weighted by molar-refractivity contribution is 6.05. The summed E-state index contributed by atoms with van der Waals surface area (Å²) in [4.78, 5) is 41.9. The molecule has 1 aliphatic rings. The first-order valence-electron chi connectivity index (χ1n) is 16.1. The van der Waals surface area contributed by atoms with E-state index in [1.165, 1.54) is 24.3 Å². The van der Waals surface area contributed by atoms with Crippen LogP contribution in [-0.4, -0.2) is 68.4 Å². The van der Waals surface area contributed by atoms with Gasteiger partial charge >= 0.3 is 12.1 Å². The van der Waals surface area contributed by atoms with E-state index in [0.29, 0.717) is 22.5 Å². The fourth-order valence-electron chi connectivity index (χ4n) is 5.99. The fraction of sp³-hybridized carbons (Fsp3) is 0.189. The molecule has 13 heteroatoms. The van der Waals surface area contributed by atoms with Crippen molar-refractivity contribution in [3.8, 4) is 17.5 Å². The number of nitrogens with zero attached hydrogens (tertiary/aromatic N) is 5. The molecule has 0 saturated carbocycles. The molecule has 6 aromatic rings. The number of piperidine rings is 1. The molecule has 7 rings (SSSR count). The first-order valence-corrected chi connectivity index (χ1v) is 16.1. The summed E-state index contributed by atoms with van der Waals surface area (Å²) >= 11 is 0. The number of rotatable bonds is 8. The molecule has 1 aliphatic heterocycles. The van der Waals surface area contributed by atoms with Crippen LogP contribution in [0.3, 0.4) is 0 Å². The Kier molecular flexibility index (Phi) is 9.12. The average molecular weight is 673 g/mol. The Hall–Kier alpha value is -6.21. The number of aromatic nitrogens is 4. The molecule has 252 valence electrons. The predicted molar refractivity (Wildman–Crippen MR) is 185 cm³/mol. The SMILES string of the molecule is CN1CCC(NC(=O)c2cc3ccc(C(=N)NC(=O)Oc4ccc(F)cc4)nc3n2Cc2cc(Oc3ncccn3)cc3ccccc23)CC1. The van der Waals surface area contributed by atoms with Crippen molar-refractivity contribution in [3.05, 3.63) is 120 Å². The number of amidine groups is 1. The van der Waals surface area contributed by atoms with Gasteiger partial charge in [0.2, 0.25) is 0 Å². The second-order valence-corrected chi connectivity index (χ2v) is 12.1. The number of carbonyl (C=O) groups excluding carboxylic acids is 2. The molecular formula is C37H33FN8O4. The highest BCUT2D eigenvalue weighted by atomic mass is 19.1. The summed E-state index contributed by atoms with van der Waals surface area (Å²) in [6, 6.07) is 23.7. The Bertz CT molecular complexity index is 2200. The second-order valence-electron chi connectivity index (χ2n) is 12.1. The van der Waals surface area contributed by atoms with Crippen LogP contribution in [0.25, 0.3) is 21.8 Å². The van der Waals surface area contributed by atoms with Gasteiger partial charge in [-0.05, 0) is 110 Å². The lowest BCUT2D eigenvalue weighted by molar-refractivity contribution is 0.0908. The monoisotopic (exact) mass is 672 g/mol. The lowest BCUT2D eigenvalue weighted by atomic mass is 10.0. The Morgan fingerprint density at radius 1 is 0.920 bits per heavy atom. The molecule has 3 N–H and O–H groups in total. The van der Waals surface area contributed by atoms with Gasteiger partial charge in [-0.1, -0.05) is 24.3 Å². The maximum atomic E-state index is 14.0. The summed E-state index contributed by atoms with van der Waals surface area (Å²) in [6.45, 7) is 2.01. The summed E-state index contributed by atoms with van der Waals surface area (Å²) in [6.07, 6.45) is 3.95. The van der Waals surface area contributed by atoms with Gasteiger partial charge in [-0.15, -0.1) is 0 Å². The van der Waals surface area contributed by atoms with Gasteiger partial charge in [-0.2, -0.15) is 0 Å². The number of nitrogens with one attached hydrogen (secondary N) is 3. The highest BCUT2D eigenvalue weighted by Gasteiger charge is 2.24. The number of likely N-dealkylation sites (tertiary alicyclic amines) is 1. The van der Waals surface area contributed by atoms with E-state index in [2.05, 4.69) is 32.5 Å². The van der Waals surface area contributed by atoms with E-state index in [1.807, 2.05) is 41.0 Å². The average Bonchev–Trinajstić information content (AvgIpc) is 3.48. The molecule has 12 nitrogen and oxygen atoms in total. The molecule has 0 spiro atoms. The second kappa shape index (κ2) is 14.1. The van der Waals surface area contributed by atoms with Crippen molar-refractivity contribution >= 4 is 39.6 Å². The summed E-state index contributed by atoms with van der Waals surface area (Å²) in [5, 5.41) is 16.7. The van der Waals surface area contributed by atoms with Gasteiger partial charge in [0, 0.05) is 23.8 Å². The third-order valence-corrected chi connectivity index (χ3v) is 8.54. The van der Waals surface area contributed by atoms with Crippen molar-refractivity contribution < 1.29 is 23.5 Å². The molecule has 50 heavy (non-hydrogen) atoms. The molecule has 4 heterocycles. The third kappa shape index (κ3) is 7.27. The highest BCUT2D eigenvalue weighted by Crippen LogP contribution is 2.30. The van der Waals surface area contributed by atoms with Crippen LogP contribution in [-0.2, 0) is 6.54 Å². The van der Waals surface area contributed by atoms with Crippen LogP contribution >= 0.6 is 0 Å². The van der Waals surface area contributed by atoms with Gasteiger partial charge in [0.1, 0.15) is 34.4 Å². The molecule has 3 aromatic carbocycles. The molecule has 1 saturated heterocycles. The minimum atomic E-state index is -0.928. The van der Waals surface area contributed by atoms with Crippen molar-refractivity contribution in [3.63, 3.8) is 0 Å². The first kappa shape index (κ1) is 32.3. The lowest BCUT2D eigenvalue weighted by Gasteiger charge is -2.29. The van der Waals surface area contributed by atoms with Crippen LogP contribution in [0.4, 0.5) is 9.18 Å². The maximum Gasteiger partial charge on any atom is 0.418 e. The van der Waals surface area contributed by atoms with Crippen molar-refractivity contribution in [1.82, 2.24) is 35.1 Å². The smallest absolute Gasteiger partial charge is 0.418 e. The number of hydrogen-bond acceptors (Lipinski definition) is 9. The van der Waals surface area contributed by atoms with Gasteiger partial charge in [0.05, 0.1) is 6.54 Å². The van der Waals surface area contributed by atoms with Gasteiger partial charge < -0.3 is 24.3 Å². The molecule has 3 aromatic heterocycles. The summed E-state index contributed by atoms with van der Waals surface area (Å²) < 4.78 is 26.3. The topological polar surface area (TPSA) is 147 Å². The summed E-state index contributed by atoms with van der Waals surface area (Å²) in [7, 11) is 2.07. The number of pyridine rings is 1. The van der Waals surface area contributed by atoms with Crippen LogP contribution < -0.4 is 20.1 Å². The molecule has 0 bridgehead atoms. The normalized spacial score (nSPS) is 13.6. The fourth-order valence-corrected chi connectivity index (χ4v) is 5.99. The lowest BCUT2D eigenvalue weighted by Crippen LogP contribution is -2.43. The van der Waals surface area contributed by atoms with Crippen LogP contribution in [0.1, 0.15) is 34.6 Å². The van der Waals surface area contributed by atoms with Gasteiger partial charge in [0.15, 0.2) is 5.84 Å². The minimum absolute atomic E-state index is 0.0293. The van der Waals surface area contributed by atoms with Crippen LogP contribution in [0.2, 0.25) is 0 Å². The number of fused-ring (bicyclic) bond motifs is 2. The maximum absolute atomic E-state index is 14.0. The van der Waals surface area contributed by atoms with Crippen LogP contribution in [0.15, 0.2) is 97.3 Å². The Morgan fingerprint density at radius 2 is 1.68 bits per heavy atom. The van der Waals surface area contributed by atoms with E-state index in [1.54, 1.807) is 36.7 Å². The number of carbonyl (C=O) groups is 2. The number of ether oxygens (including phenoxy) is 2. The van der Waals surface area contributed by atoms with Gasteiger partial charge in [-0.25, -0.2) is 24.1 Å². The minimum Gasteiger partial charge on any atom is -0.424 e.